The van der Waals surface area contributed by atoms with E-state index in [1.807, 2.05) is 0 Å². The third-order valence-electron chi connectivity index (χ3n) is 2.20. The predicted molar refractivity (Wildman–Crippen MR) is 57.4 cm³/mol. The first kappa shape index (κ1) is 16.7. The number of hydrogen-bond donors (Lipinski definition) is 0. The summed E-state index contributed by atoms with van der Waals surface area (Å²) in [4.78, 5) is 3.03. The van der Waals surface area contributed by atoms with Crippen LogP contribution in [0.15, 0.2) is 18.3 Å². The molecule has 114 valence electrons. The summed E-state index contributed by atoms with van der Waals surface area (Å²) in [6.07, 6.45) is -10.1. The lowest BCUT2D eigenvalue weighted by Gasteiger charge is -2.08. The maximum Gasteiger partial charge on any atom is 0.433 e. The van der Waals surface area contributed by atoms with Crippen LogP contribution in [0, 0.1) is 0 Å². The molecule has 20 heavy (non-hydrogen) atoms. The summed E-state index contributed by atoms with van der Waals surface area (Å²) in [5.74, 6) is -1.90. The third-order valence-corrected chi connectivity index (χ3v) is 3.80. The van der Waals surface area contributed by atoms with E-state index in [0.29, 0.717) is 12.3 Å². The van der Waals surface area contributed by atoms with Crippen molar-refractivity contribution in [2.45, 2.75) is 24.5 Å². The van der Waals surface area contributed by atoms with Crippen LogP contribution >= 0.6 is 0 Å². The van der Waals surface area contributed by atoms with Gasteiger partial charge in [0.05, 0.1) is 17.9 Å². The molecule has 0 saturated heterocycles. The molecule has 0 aliphatic rings. The molecule has 0 fully saturated rings. The van der Waals surface area contributed by atoms with Crippen molar-refractivity contribution in [3.63, 3.8) is 0 Å². The first-order valence-electron chi connectivity index (χ1n) is 5.18. The Morgan fingerprint density at radius 1 is 1.05 bits per heavy atom. The van der Waals surface area contributed by atoms with Crippen LogP contribution in [0.5, 0.6) is 0 Å². The molecule has 0 spiro atoms. The van der Waals surface area contributed by atoms with Gasteiger partial charge in [-0.3, -0.25) is 4.98 Å². The SMILES string of the molecule is O=S(=O)(CCC(F)(F)F)Cc1ccc(C(F)(F)F)nc1. The van der Waals surface area contributed by atoms with Crippen LogP contribution < -0.4 is 0 Å². The number of nitrogens with zero attached hydrogens (tertiary/aromatic N) is 1. The van der Waals surface area contributed by atoms with Gasteiger partial charge in [0.25, 0.3) is 0 Å². The van der Waals surface area contributed by atoms with Crippen LogP contribution in [0.25, 0.3) is 0 Å². The molecule has 0 atom stereocenters. The highest BCUT2D eigenvalue weighted by Gasteiger charge is 2.32. The Hall–Kier alpha value is -1.32. The van der Waals surface area contributed by atoms with E-state index in [-0.39, 0.29) is 5.56 Å². The van der Waals surface area contributed by atoms with Crippen LogP contribution in [0.3, 0.4) is 0 Å². The molecule has 10 heteroatoms. The summed E-state index contributed by atoms with van der Waals surface area (Å²) in [6.45, 7) is 0. The molecule has 0 aliphatic heterocycles. The van der Waals surface area contributed by atoms with Gasteiger partial charge in [0.15, 0.2) is 9.84 Å². The average molecular weight is 321 g/mol. The maximum atomic E-state index is 12.2. The van der Waals surface area contributed by atoms with Crippen molar-refractivity contribution in [1.29, 1.82) is 0 Å². The van der Waals surface area contributed by atoms with Crippen LogP contribution in [0.4, 0.5) is 26.3 Å². The Kier molecular flexibility index (Phi) is 4.67. The summed E-state index contributed by atoms with van der Waals surface area (Å²) >= 11 is 0. The molecule has 0 aromatic carbocycles. The lowest BCUT2D eigenvalue weighted by Crippen LogP contribution is -2.17. The second-order valence-corrected chi connectivity index (χ2v) is 6.19. The Morgan fingerprint density at radius 2 is 1.65 bits per heavy atom. The minimum Gasteiger partial charge on any atom is -0.251 e. The molecule has 0 amide bonds. The zero-order valence-electron chi connectivity index (χ0n) is 9.79. The van der Waals surface area contributed by atoms with Gasteiger partial charge in [-0.1, -0.05) is 6.07 Å². The van der Waals surface area contributed by atoms with Crippen molar-refractivity contribution in [3.05, 3.63) is 29.6 Å². The second kappa shape index (κ2) is 5.58. The first-order chi connectivity index (χ1) is 8.89. The Morgan fingerprint density at radius 3 is 2.05 bits per heavy atom. The van der Waals surface area contributed by atoms with E-state index < -0.39 is 45.8 Å². The third kappa shape index (κ3) is 5.76. The molecule has 0 saturated carbocycles. The van der Waals surface area contributed by atoms with E-state index in [2.05, 4.69) is 4.98 Å². The van der Waals surface area contributed by atoms with E-state index in [1.54, 1.807) is 0 Å². The summed E-state index contributed by atoms with van der Waals surface area (Å²) < 4.78 is 95.1. The van der Waals surface area contributed by atoms with Crippen molar-refractivity contribution in [2.24, 2.45) is 0 Å². The lowest BCUT2D eigenvalue weighted by molar-refractivity contribution is -0.141. The second-order valence-electron chi connectivity index (χ2n) is 4.01. The first-order valence-corrected chi connectivity index (χ1v) is 7.00. The van der Waals surface area contributed by atoms with Gasteiger partial charge in [0.2, 0.25) is 0 Å². The zero-order chi connectivity index (χ0) is 15.6. The molecule has 0 bridgehead atoms. The molecule has 3 nitrogen and oxygen atoms in total. The molecule has 0 N–H and O–H groups in total. The highest BCUT2D eigenvalue weighted by Crippen LogP contribution is 2.27. The highest BCUT2D eigenvalue weighted by atomic mass is 32.2. The Balaban J connectivity index is 2.73. The Labute approximate surface area is 110 Å². The summed E-state index contributed by atoms with van der Waals surface area (Å²) in [5.41, 5.74) is -1.30. The normalized spacial score (nSPS) is 13.5. The smallest absolute Gasteiger partial charge is 0.251 e. The number of aromatic nitrogens is 1. The molecular formula is C10H9F6NO2S. The van der Waals surface area contributed by atoms with Gasteiger partial charge in [0, 0.05) is 6.20 Å². The summed E-state index contributed by atoms with van der Waals surface area (Å²) in [6, 6.07) is 1.45. The Bertz CT molecular complexity index is 547. The van der Waals surface area contributed by atoms with Crippen LogP contribution in [-0.2, 0) is 21.8 Å². The van der Waals surface area contributed by atoms with E-state index in [1.165, 1.54) is 0 Å². The fourth-order valence-electron chi connectivity index (χ4n) is 1.27. The molecule has 0 aliphatic carbocycles. The minimum absolute atomic E-state index is 0.0971. The topological polar surface area (TPSA) is 47.0 Å². The van der Waals surface area contributed by atoms with Gasteiger partial charge in [-0.2, -0.15) is 26.3 Å². The summed E-state index contributed by atoms with van der Waals surface area (Å²) in [5, 5.41) is 0. The molecule has 1 aromatic heterocycles. The van der Waals surface area contributed by atoms with E-state index >= 15 is 0 Å². The quantitative estimate of drug-likeness (QED) is 0.801. The number of sulfone groups is 1. The van der Waals surface area contributed by atoms with E-state index in [0.717, 1.165) is 6.07 Å². The standard InChI is InChI=1S/C10H9F6NO2S/c11-9(12,13)3-4-20(18,19)6-7-1-2-8(17-5-7)10(14,15)16/h1-2,5H,3-4,6H2. The van der Waals surface area contributed by atoms with Gasteiger partial charge in [-0.15, -0.1) is 0 Å². The number of pyridine rings is 1. The van der Waals surface area contributed by atoms with E-state index in [4.69, 9.17) is 0 Å². The largest absolute Gasteiger partial charge is 0.433 e. The number of hydrogen-bond acceptors (Lipinski definition) is 3. The predicted octanol–water partition coefficient (Wildman–Crippen LogP) is 2.97. The highest BCUT2D eigenvalue weighted by molar-refractivity contribution is 7.90. The fourth-order valence-corrected chi connectivity index (χ4v) is 2.64. The maximum absolute atomic E-state index is 12.2. The van der Waals surface area contributed by atoms with Gasteiger partial charge in [0.1, 0.15) is 5.69 Å². The van der Waals surface area contributed by atoms with Crippen molar-refractivity contribution in [2.75, 3.05) is 5.75 Å². The summed E-state index contributed by atoms with van der Waals surface area (Å²) in [7, 11) is -4.06. The average Bonchev–Trinajstić information content (AvgIpc) is 2.25. The van der Waals surface area contributed by atoms with E-state index in [9.17, 15) is 34.8 Å². The monoisotopic (exact) mass is 321 g/mol. The van der Waals surface area contributed by atoms with Crippen molar-refractivity contribution >= 4 is 9.84 Å². The number of alkyl halides is 6. The molecule has 0 radical (unpaired) electrons. The van der Waals surface area contributed by atoms with Crippen molar-refractivity contribution in [3.8, 4) is 0 Å². The van der Waals surface area contributed by atoms with Gasteiger partial charge in [-0.25, -0.2) is 8.42 Å². The van der Waals surface area contributed by atoms with Gasteiger partial charge in [-0.05, 0) is 11.6 Å². The molecular weight excluding hydrogens is 312 g/mol. The van der Waals surface area contributed by atoms with Crippen molar-refractivity contribution in [1.82, 2.24) is 4.98 Å². The zero-order valence-corrected chi connectivity index (χ0v) is 10.6. The molecule has 1 rings (SSSR count). The van der Waals surface area contributed by atoms with Crippen molar-refractivity contribution < 1.29 is 34.8 Å². The molecule has 0 unspecified atom stereocenters. The van der Waals surface area contributed by atoms with Gasteiger partial charge >= 0.3 is 12.4 Å². The van der Waals surface area contributed by atoms with Crippen LogP contribution in [-0.4, -0.2) is 25.3 Å². The fraction of sp³-hybridized carbons (Fsp3) is 0.500. The van der Waals surface area contributed by atoms with Crippen LogP contribution in [0.2, 0.25) is 0 Å². The number of halogens is 6. The number of rotatable bonds is 4. The molecule has 1 aromatic rings. The van der Waals surface area contributed by atoms with Crippen LogP contribution in [0.1, 0.15) is 17.7 Å². The minimum atomic E-state index is -4.66. The molecule has 1 heterocycles. The lowest BCUT2D eigenvalue weighted by atomic mass is 10.3. The van der Waals surface area contributed by atoms with Gasteiger partial charge < -0.3 is 0 Å².